The van der Waals surface area contributed by atoms with Gasteiger partial charge in [0.1, 0.15) is 6.04 Å². The number of ether oxygens (including phenoxy) is 1. The van der Waals surface area contributed by atoms with E-state index in [4.69, 9.17) is 9.84 Å². The first-order valence-corrected chi connectivity index (χ1v) is 7.97. The molecule has 1 aromatic carbocycles. The van der Waals surface area contributed by atoms with E-state index in [1.54, 1.807) is 6.92 Å². The van der Waals surface area contributed by atoms with Crippen molar-refractivity contribution in [1.82, 2.24) is 4.72 Å². The largest absolute Gasteiger partial charge is 0.480 e. The maximum atomic E-state index is 11.8. The molecule has 0 aromatic heterocycles. The Morgan fingerprint density at radius 2 is 1.95 bits per heavy atom. The van der Waals surface area contributed by atoms with Crippen molar-refractivity contribution in [3.8, 4) is 0 Å². The summed E-state index contributed by atoms with van der Waals surface area (Å²) in [5, 5.41) is 11.9. The van der Waals surface area contributed by atoms with Crippen LogP contribution in [0.4, 0.5) is 5.69 Å². The highest BCUT2D eigenvalue weighted by atomic mass is 32.2. The Bertz CT molecular complexity index is 556. The van der Waals surface area contributed by atoms with Gasteiger partial charge in [0.05, 0.1) is 4.90 Å². The van der Waals surface area contributed by atoms with Crippen molar-refractivity contribution in [1.29, 1.82) is 0 Å². The van der Waals surface area contributed by atoms with Gasteiger partial charge in [-0.05, 0) is 24.3 Å². The molecule has 0 heterocycles. The summed E-state index contributed by atoms with van der Waals surface area (Å²) in [5.74, 6) is -0.989. The zero-order valence-electron chi connectivity index (χ0n) is 12.0. The zero-order chi connectivity index (χ0) is 15.9. The third-order valence-corrected chi connectivity index (χ3v) is 4.31. The molecule has 0 aliphatic rings. The van der Waals surface area contributed by atoms with E-state index in [0.29, 0.717) is 25.3 Å². The molecule has 1 aromatic rings. The molecule has 0 aliphatic carbocycles. The Labute approximate surface area is 124 Å². The lowest BCUT2D eigenvalue weighted by Crippen LogP contribution is -2.30. The molecular formula is C13H20N2O5S. The Kier molecular flexibility index (Phi) is 6.60. The number of benzene rings is 1. The van der Waals surface area contributed by atoms with Crippen LogP contribution < -0.4 is 10.0 Å². The van der Waals surface area contributed by atoms with Crippen LogP contribution in [0.3, 0.4) is 0 Å². The van der Waals surface area contributed by atoms with E-state index in [1.165, 1.54) is 31.4 Å². The van der Waals surface area contributed by atoms with Crippen LogP contribution in [-0.4, -0.2) is 45.8 Å². The highest BCUT2D eigenvalue weighted by Crippen LogP contribution is 2.15. The van der Waals surface area contributed by atoms with E-state index in [-0.39, 0.29) is 4.90 Å². The fourth-order valence-corrected chi connectivity index (χ4v) is 2.74. The summed E-state index contributed by atoms with van der Waals surface area (Å²) in [4.78, 5) is 11.2. The summed E-state index contributed by atoms with van der Waals surface area (Å²) in [6.45, 7) is 2.32. The first kappa shape index (κ1) is 17.4. The highest BCUT2D eigenvalue weighted by molar-refractivity contribution is 7.89. The van der Waals surface area contributed by atoms with Gasteiger partial charge in [-0.1, -0.05) is 6.92 Å². The lowest BCUT2D eigenvalue weighted by atomic mass is 10.2. The fourth-order valence-electron chi connectivity index (χ4n) is 1.70. The number of carbonyl (C=O) groups is 1. The monoisotopic (exact) mass is 316 g/mol. The number of rotatable bonds is 9. The van der Waals surface area contributed by atoms with Crippen LogP contribution in [0, 0.1) is 0 Å². The van der Waals surface area contributed by atoms with Crippen LogP contribution in [0.5, 0.6) is 0 Å². The van der Waals surface area contributed by atoms with Crippen molar-refractivity contribution >= 4 is 21.7 Å². The smallest absolute Gasteiger partial charge is 0.326 e. The van der Waals surface area contributed by atoms with E-state index < -0.39 is 22.0 Å². The number of carboxylic acid groups (broad SMARTS) is 1. The second kappa shape index (κ2) is 7.96. The van der Waals surface area contributed by atoms with E-state index >= 15 is 0 Å². The van der Waals surface area contributed by atoms with Gasteiger partial charge >= 0.3 is 5.97 Å². The van der Waals surface area contributed by atoms with Gasteiger partial charge in [-0.25, -0.2) is 17.9 Å². The summed E-state index contributed by atoms with van der Waals surface area (Å²) >= 11 is 0. The van der Waals surface area contributed by atoms with Gasteiger partial charge in [0.15, 0.2) is 0 Å². The SMILES string of the molecule is CCNS(=O)(=O)c1ccc(NC(CCOC)C(=O)O)cc1. The number of hydrogen-bond donors (Lipinski definition) is 3. The molecule has 0 bridgehead atoms. The topological polar surface area (TPSA) is 105 Å². The summed E-state index contributed by atoms with van der Waals surface area (Å²) in [7, 11) is -2.00. The second-order valence-electron chi connectivity index (χ2n) is 4.34. The van der Waals surface area contributed by atoms with Crippen LogP contribution in [0.15, 0.2) is 29.2 Å². The van der Waals surface area contributed by atoms with Gasteiger partial charge in [0, 0.05) is 32.4 Å². The van der Waals surface area contributed by atoms with Crippen molar-refractivity contribution in [3.63, 3.8) is 0 Å². The quantitative estimate of drug-likeness (QED) is 0.625. The van der Waals surface area contributed by atoms with Crippen LogP contribution in [-0.2, 0) is 19.6 Å². The minimum Gasteiger partial charge on any atom is -0.480 e. The fraction of sp³-hybridized carbons (Fsp3) is 0.462. The molecule has 21 heavy (non-hydrogen) atoms. The first-order valence-electron chi connectivity index (χ1n) is 6.48. The zero-order valence-corrected chi connectivity index (χ0v) is 12.8. The lowest BCUT2D eigenvalue weighted by molar-refractivity contribution is -0.138. The van der Waals surface area contributed by atoms with Crippen molar-refractivity contribution in [2.45, 2.75) is 24.3 Å². The van der Waals surface area contributed by atoms with Gasteiger partial charge < -0.3 is 15.2 Å². The highest BCUT2D eigenvalue weighted by Gasteiger charge is 2.17. The number of nitrogens with one attached hydrogen (secondary N) is 2. The Morgan fingerprint density at radius 3 is 2.43 bits per heavy atom. The van der Waals surface area contributed by atoms with Crippen LogP contribution >= 0.6 is 0 Å². The number of sulfonamides is 1. The summed E-state index contributed by atoms with van der Waals surface area (Å²) in [6.07, 6.45) is 0.309. The van der Waals surface area contributed by atoms with Gasteiger partial charge in [-0.15, -0.1) is 0 Å². The molecule has 8 heteroatoms. The van der Waals surface area contributed by atoms with Crippen LogP contribution in [0.2, 0.25) is 0 Å². The molecule has 0 radical (unpaired) electrons. The molecule has 1 rings (SSSR count). The molecule has 0 fully saturated rings. The standard InChI is InChI=1S/C13H20N2O5S/c1-3-14-21(18,19)11-6-4-10(5-7-11)15-12(13(16)17)8-9-20-2/h4-7,12,14-15H,3,8-9H2,1-2H3,(H,16,17). The lowest BCUT2D eigenvalue weighted by Gasteiger charge is -2.15. The van der Waals surface area contributed by atoms with Gasteiger partial charge in [0.25, 0.3) is 0 Å². The van der Waals surface area contributed by atoms with Crippen LogP contribution in [0.25, 0.3) is 0 Å². The maximum absolute atomic E-state index is 11.8. The number of carboxylic acids is 1. The number of methoxy groups -OCH3 is 1. The Morgan fingerprint density at radius 1 is 1.33 bits per heavy atom. The van der Waals surface area contributed by atoms with Crippen LogP contribution in [0.1, 0.15) is 13.3 Å². The number of aliphatic carboxylic acids is 1. The summed E-state index contributed by atoms with van der Waals surface area (Å²) in [5.41, 5.74) is 0.536. The molecular weight excluding hydrogens is 296 g/mol. The third kappa shape index (κ3) is 5.33. The van der Waals surface area contributed by atoms with Crippen molar-refractivity contribution in [2.75, 3.05) is 25.6 Å². The predicted octanol–water partition coefficient (Wildman–Crippen LogP) is 0.886. The number of anilines is 1. The van der Waals surface area contributed by atoms with Crippen molar-refractivity contribution in [2.24, 2.45) is 0 Å². The maximum Gasteiger partial charge on any atom is 0.326 e. The molecule has 7 nitrogen and oxygen atoms in total. The molecule has 118 valence electrons. The molecule has 0 aliphatic heterocycles. The molecule has 0 saturated carbocycles. The molecule has 0 saturated heterocycles. The van der Waals surface area contributed by atoms with E-state index in [2.05, 4.69) is 10.0 Å². The average molecular weight is 316 g/mol. The first-order chi connectivity index (χ1) is 9.90. The molecule has 1 unspecified atom stereocenters. The minimum absolute atomic E-state index is 0.138. The van der Waals surface area contributed by atoms with Gasteiger partial charge in [-0.3, -0.25) is 0 Å². The molecule has 0 spiro atoms. The Hall–Kier alpha value is -1.64. The summed E-state index contributed by atoms with van der Waals surface area (Å²) in [6, 6.07) is 5.13. The Balaban J connectivity index is 2.80. The van der Waals surface area contributed by atoms with E-state index in [0.717, 1.165) is 0 Å². The molecule has 0 amide bonds. The molecule has 1 atom stereocenters. The third-order valence-electron chi connectivity index (χ3n) is 2.75. The van der Waals surface area contributed by atoms with Crippen molar-refractivity contribution < 1.29 is 23.1 Å². The number of hydrogen-bond acceptors (Lipinski definition) is 5. The van der Waals surface area contributed by atoms with Crippen molar-refractivity contribution in [3.05, 3.63) is 24.3 Å². The van der Waals surface area contributed by atoms with E-state index in [9.17, 15) is 13.2 Å². The average Bonchev–Trinajstić information content (AvgIpc) is 2.43. The van der Waals surface area contributed by atoms with Gasteiger partial charge in [0.2, 0.25) is 10.0 Å². The van der Waals surface area contributed by atoms with E-state index in [1.807, 2.05) is 0 Å². The summed E-state index contributed by atoms with van der Waals surface area (Å²) < 4.78 is 30.8. The normalized spacial score (nSPS) is 12.9. The van der Waals surface area contributed by atoms with Gasteiger partial charge in [-0.2, -0.15) is 0 Å². The second-order valence-corrected chi connectivity index (χ2v) is 6.11. The molecule has 3 N–H and O–H groups in total. The minimum atomic E-state index is -3.50. The predicted molar refractivity (Wildman–Crippen MR) is 78.8 cm³/mol.